The first-order valence-corrected chi connectivity index (χ1v) is 10.1. The lowest BCUT2D eigenvalue weighted by molar-refractivity contribution is -0.0328. The van der Waals surface area contributed by atoms with Gasteiger partial charge in [-0.3, -0.25) is 9.55 Å². The van der Waals surface area contributed by atoms with Crippen molar-refractivity contribution < 1.29 is 23.0 Å². The molecule has 0 saturated carbocycles. The van der Waals surface area contributed by atoms with Crippen LogP contribution in [0.15, 0.2) is 88.9 Å². The van der Waals surface area contributed by atoms with Crippen LogP contribution in [0.5, 0.6) is 17.4 Å². The van der Waals surface area contributed by atoms with E-state index in [-0.39, 0.29) is 34.8 Å². The molecule has 2 heterocycles. The van der Waals surface area contributed by atoms with E-state index in [0.29, 0.717) is 17.1 Å². The van der Waals surface area contributed by atoms with Gasteiger partial charge in [0, 0.05) is 16.7 Å². The molecule has 0 aliphatic heterocycles. The molecule has 32 heavy (non-hydrogen) atoms. The molecule has 1 N–H and O–H groups in total. The second kappa shape index (κ2) is 8.83. The fourth-order valence-electron chi connectivity index (χ4n) is 3.06. The molecule has 0 fully saturated rings. The van der Waals surface area contributed by atoms with Crippen molar-refractivity contribution in [2.75, 3.05) is 0 Å². The topological polar surface area (TPSA) is 69.3 Å². The number of para-hydroxylation sites is 1. The van der Waals surface area contributed by atoms with Crippen molar-refractivity contribution in [1.29, 1.82) is 0 Å². The number of hydrogen-bond acceptors (Lipinski definition) is 5. The van der Waals surface area contributed by atoms with Crippen molar-refractivity contribution in [3.63, 3.8) is 0 Å². The second-order valence-corrected chi connectivity index (χ2v) is 7.81. The summed E-state index contributed by atoms with van der Waals surface area (Å²) in [5, 5.41) is 10.3. The molecule has 0 bridgehead atoms. The number of pyridine rings is 1. The lowest BCUT2D eigenvalue weighted by atomic mass is 10.2. The maximum Gasteiger partial charge on any atom is 0.446 e. The Bertz CT molecular complexity index is 1270. The number of nitrogens with zero attached hydrogens (tertiary/aromatic N) is 3. The fraction of sp³-hybridized carbons (Fsp3) is 0.0909. The Balaban J connectivity index is 1.60. The molecule has 6 nitrogen and oxygen atoms in total. The monoisotopic (exact) mass is 459 g/mol. The normalized spacial score (nSPS) is 11.5. The first-order chi connectivity index (χ1) is 15.3. The Morgan fingerprint density at radius 3 is 2.44 bits per heavy atom. The Labute approximate surface area is 184 Å². The average Bonchev–Trinajstić information content (AvgIpc) is 3.03. The van der Waals surface area contributed by atoms with Gasteiger partial charge in [0.2, 0.25) is 5.88 Å². The third-order valence-electron chi connectivity index (χ3n) is 4.45. The van der Waals surface area contributed by atoms with E-state index in [1.165, 1.54) is 41.2 Å². The molecule has 0 aliphatic carbocycles. The minimum atomic E-state index is -4.41. The van der Waals surface area contributed by atoms with E-state index < -0.39 is 11.2 Å². The third-order valence-corrected chi connectivity index (χ3v) is 5.19. The van der Waals surface area contributed by atoms with E-state index in [1.807, 2.05) is 18.2 Å². The zero-order valence-corrected chi connectivity index (χ0v) is 17.2. The molecule has 0 amide bonds. The number of imidazole rings is 1. The molecule has 0 unspecified atom stereocenters. The van der Waals surface area contributed by atoms with Crippen LogP contribution in [0.25, 0.3) is 5.69 Å². The highest BCUT2D eigenvalue weighted by molar-refractivity contribution is 8.00. The van der Waals surface area contributed by atoms with Crippen molar-refractivity contribution in [2.24, 2.45) is 0 Å². The van der Waals surface area contributed by atoms with Gasteiger partial charge in [-0.2, -0.15) is 13.2 Å². The van der Waals surface area contributed by atoms with Gasteiger partial charge >= 0.3 is 11.2 Å². The average molecular weight is 459 g/mol. The Morgan fingerprint density at radius 2 is 1.75 bits per heavy atom. The first-order valence-electron chi connectivity index (χ1n) is 9.33. The van der Waals surface area contributed by atoms with Gasteiger partial charge in [-0.1, -0.05) is 18.2 Å². The summed E-state index contributed by atoms with van der Waals surface area (Å²) in [4.78, 5) is 16.9. The summed E-state index contributed by atoms with van der Waals surface area (Å²) in [7, 11) is 0. The number of aromatic hydroxyl groups is 1. The van der Waals surface area contributed by atoms with E-state index in [2.05, 4.69) is 4.98 Å². The van der Waals surface area contributed by atoms with Gasteiger partial charge < -0.3 is 9.84 Å². The predicted molar refractivity (Wildman–Crippen MR) is 113 cm³/mol. The highest BCUT2D eigenvalue weighted by Gasteiger charge is 2.29. The molecular weight excluding hydrogens is 443 g/mol. The lowest BCUT2D eigenvalue weighted by Gasteiger charge is -2.10. The Kier molecular flexibility index (Phi) is 5.95. The number of ether oxygens (including phenoxy) is 1. The van der Waals surface area contributed by atoms with Gasteiger partial charge in [0.05, 0.1) is 24.6 Å². The van der Waals surface area contributed by atoms with Crippen LogP contribution in [-0.2, 0) is 6.54 Å². The van der Waals surface area contributed by atoms with E-state index in [0.717, 1.165) is 4.57 Å². The van der Waals surface area contributed by atoms with Crippen LogP contribution < -0.4 is 10.4 Å². The summed E-state index contributed by atoms with van der Waals surface area (Å²) >= 11 is -0.253. The molecule has 164 valence electrons. The number of thioether (sulfide) groups is 1. The first kappa shape index (κ1) is 21.6. The molecule has 0 aliphatic rings. The predicted octanol–water partition coefficient (Wildman–Crippen LogP) is 5.19. The zero-order valence-electron chi connectivity index (χ0n) is 16.4. The minimum absolute atomic E-state index is 0.0206. The molecule has 0 spiro atoms. The van der Waals surface area contributed by atoms with Crippen molar-refractivity contribution in [3.8, 4) is 23.1 Å². The zero-order chi connectivity index (χ0) is 22.7. The Hall–Kier alpha value is -3.66. The smallest absolute Gasteiger partial charge is 0.446 e. The van der Waals surface area contributed by atoms with Crippen molar-refractivity contribution >= 4 is 11.8 Å². The molecule has 4 aromatic rings. The maximum absolute atomic E-state index is 12.9. The SMILES string of the molecule is O=c1n(Cc2ccncc2Oc2ccccc2)cc(O)n1-c1ccc(SC(F)(F)F)cc1. The standard InChI is InChI=1S/C22H16F3N3O3S/c23-22(24,25)32-18-8-6-16(7-9-18)28-20(29)14-27(21(28)30)13-15-10-11-26-12-19(15)31-17-4-2-1-3-5-17/h1-12,14,29H,13H2. The van der Waals surface area contributed by atoms with Crippen molar-refractivity contribution in [2.45, 2.75) is 16.9 Å². The van der Waals surface area contributed by atoms with Gasteiger partial charge in [0.25, 0.3) is 0 Å². The van der Waals surface area contributed by atoms with E-state index in [1.54, 1.807) is 24.4 Å². The van der Waals surface area contributed by atoms with E-state index in [9.17, 15) is 23.1 Å². The van der Waals surface area contributed by atoms with Crippen LogP contribution in [0.3, 0.4) is 0 Å². The summed E-state index contributed by atoms with van der Waals surface area (Å²) < 4.78 is 45.7. The minimum Gasteiger partial charge on any atom is -0.493 e. The van der Waals surface area contributed by atoms with Gasteiger partial charge in [-0.15, -0.1) is 0 Å². The number of hydrogen-bond donors (Lipinski definition) is 1. The quantitative estimate of drug-likeness (QED) is 0.402. The highest BCUT2D eigenvalue weighted by Crippen LogP contribution is 2.37. The molecule has 0 atom stereocenters. The summed E-state index contributed by atoms with van der Waals surface area (Å²) in [6.45, 7) is 0.0894. The number of aromatic nitrogens is 3. The highest BCUT2D eigenvalue weighted by atomic mass is 32.2. The molecule has 10 heteroatoms. The molecule has 0 saturated heterocycles. The fourth-order valence-corrected chi connectivity index (χ4v) is 3.60. The van der Waals surface area contributed by atoms with Gasteiger partial charge in [0.1, 0.15) is 5.75 Å². The summed E-state index contributed by atoms with van der Waals surface area (Å²) in [5.74, 6) is 0.712. The van der Waals surface area contributed by atoms with Gasteiger partial charge in [-0.25, -0.2) is 9.36 Å². The van der Waals surface area contributed by atoms with E-state index >= 15 is 0 Å². The lowest BCUT2D eigenvalue weighted by Crippen LogP contribution is -2.23. The second-order valence-electron chi connectivity index (χ2n) is 6.67. The van der Waals surface area contributed by atoms with Crippen LogP contribution in [0, 0.1) is 0 Å². The molecule has 2 aromatic heterocycles. The van der Waals surface area contributed by atoms with E-state index in [4.69, 9.17) is 4.74 Å². The molecule has 0 radical (unpaired) electrons. The number of halogens is 3. The van der Waals surface area contributed by atoms with Gasteiger partial charge in [0.15, 0.2) is 5.75 Å². The third kappa shape index (κ3) is 4.97. The summed E-state index contributed by atoms with van der Waals surface area (Å²) in [5.41, 5.74) is -4.07. The van der Waals surface area contributed by atoms with Crippen LogP contribution in [0.2, 0.25) is 0 Å². The summed E-state index contributed by atoms with van der Waals surface area (Å²) in [6, 6.07) is 15.9. The molecule has 2 aromatic carbocycles. The molecule has 4 rings (SSSR count). The largest absolute Gasteiger partial charge is 0.493 e. The maximum atomic E-state index is 12.9. The van der Waals surface area contributed by atoms with Crippen molar-refractivity contribution in [1.82, 2.24) is 14.1 Å². The van der Waals surface area contributed by atoms with Crippen LogP contribution in [0.4, 0.5) is 13.2 Å². The summed E-state index contributed by atoms with van der Waals surface area (Å²) in [6.07, 6.45) is 4.35. The number of rotatable bonds is 6. The van der Waals surface area contributed by atoms with Crippen LogP contribution in [0.1, 0.15) is 5.56 Å². The number of alkyl halides is 3. The van der Waals surface area contributed by atoms with Crippen molar-refractivity contribution in [3.05, 3.63) is 95.3 Å². The van der Waals surface area contributed by atoms with Crippen LogP contribution >= 0.6 is 11.8 Å². The number of benzene rings is 2. The Morgan fingerprint density at radius 1 is 1.03 bits per heavy atom. The van der Waals surface area contributed by atoms with Crippen LogP contribution in [-0.4, -0.2) is 24.7 Å². The van der Waals surface area contributed by atoms with Gasteiger partial charge in [-0.05, 0) is 54.2 Å². The molecular formula is C22H16F3N3O3S.